The molecule has 0 aliphatic heterocycles. The summed E-state index contributed by atoms with van der Waals surface area (Å²) in [7, 11) is 0. The lowest BCUT2D eigenvalue weighted by molar-refractivity contribution is -0.103. The van der Waals surface area contributed by atoms with Crippen LogP contribution in [0.25, 0.3) is 0 Å². The summed E-state index contributed by atoms with van der Waals surface area (Å²) in [6, 6.07) is 7.15. The third-order valence-electron chi connectivity index (χ3n) is 3.54. The van der Waals surface area contributed by atoms with E-state index >= 15 is 0 Å². The minimum Gasteiger partial charge on any atom is -0.388 e. The van der Waals surface area contributed by atoms with Gasteiger partial charge in [-0.1, -0.05) is 44.4 Å². The van der Waals surface area contributed by atoms with Crippen molar-refractivity contribution in [1.29, 1.82) is 0 Å². The van der Waals surface area contributed by atoms with Gasteiger partial charge in [-0.05, 0) is 31.9 Å². The summed E-state index contributed by atoms with van der Waals surface area (Å²) in [5, 5.41) is 11.9. The van der Waals surface area contributed by atoms with Crippen LogP contribution in [0, 0.1) is 0 Å². The standard InChI is InChI=1S/C17H27NO3/c1-4-7-8-13-16(19)14-11-9-10-12-15(14)17(20)21-18(5-2)6-3/h9-12,16,19H,4-8,13H2,1-3H3. The first-order chi connectivity index (χ1) is 10.1. The number of benzene rings is 1. The number of hydroxylamine groups is 2. The van der Waals surface area contributed by atoms with Gasteiger partial charge in [0.05, 0.1) is 11.7 Å². The van der Waals surface area contributed by atoms with Crippen LogP contribution in [0.5, 0.6) is 0 Å². The lowest BCUT2D eigenvalue weighted by atomic mass is 9.98. The van der Waals surface area contributed by atoms with Gasteiger partial charge in [-0.25, -0.2) is 4.79 Å². The molecule has 0 radical (unpaired) electrons. The zero-order valence-corrected chi connectivity index (χ0v) is 13.3. The summed E-state index contributed by atoms with van der Waals surface area (Å²) in [5.74, 6) is -0.399. The second kappa shape index (κ2) is 9.53. The number of unbranched alkanes of at least 4 members (excludes halogenated alkanes) is 2. The monoisotopic (exact) mass is 293 g/mol. The quantitative estimate of drug-likeness (QED) is 0.557. The number of nitrogens with zero attached hydrogens (tertiary/aromatic N) is 1. The molecule has 0 aromatic heterocycles. The third-order valence-corrected chi connectivity index (χ3v) is 3.54. The number of hydrogen-bond donors (Lipinski definition) is 1. The molecular weight excluding hydrogens is 266 g/mol. The zero-order valence-electron chi connectivity index (χ0n) is 13.3. The molecule has 0 aliphatic carbocycles. The molecule has 0 fully saturated rings. The first kappa shape index (κ1) is 17.7. The maximum atomic E-state index is 12.3. The number of aliphatic hydroxyl groups is 1. The summed E-state index contributed by atoms with van der Waals surface area (Å²) >= 11 is 0. The average molecular weight is 293 g/mol. The van der Waals surface area contributed by atoms with E-state index in [1.165, 1.54) is 0 Å². The van der Waals surface area contributed by atoms with Crippen LogP contribution in [-0.4, -0.2) is 29.2 Å². The fraction of sp³-hybridized carbons (Fsp3) is 0.588. The van der Waals surface area contributed by atoms with E-state index in [0.717, 1.165) is 19.3 Å². The van der Waals surface area contributed by atoms with Gasteiger partial charge in [0.1, 0.15) is 0 Å². The Morgan fingerprint density at radius 1 is 1.19 bits per heavy atom. The lowest BCUT2D eigenvalue weighted by Gasteiger charge is -2.19. The van der Waals surface area contributed by atoms with Crippen LogP contribution in [0.1, 0.15) is 68.5 Å². The van der Waals surface area contributed by atoms with E-state index in [2.05, 4.69) is 6.92 Å². The van der Waals surface area contributed by atoms with Crippen molar-refractivity contribution in [3.8, 4) is 0 Å². The molecule has 0 bridgehead atoms. The highest BCUT2D eigenvalue weighted by atomic mass is 16.7. The number of carbonyl (C=O) groups excluding carboxylic acids is 1. The van der Waals surface area contributed by atoms with E-state index < -0.39 is 12.1 Å². The largest absolute Gasteiger partial charge is 0.388 e. The SMILES string of the molecule is CCCCCC(O)c1ccccc1C(=O)ON(CC)CC. The Labute approximate surface area is 127 Å². The Morgan fingerprint density at radius 3 is 2.48 bits per heavy atom. The maximum absolute atomic E-state index is 12.3. The molecule has 118 valence electrons. The van der Waals surface area contributed by atoms with Gasteiger partial charge >= 0.3 is 5.97 Å². The minimum absolute atomic E-state index is 0.399. The first-order valence-corrected chi connectivity index (χ1v) is 7.88. The fourth-order valence-corrected chi connectivity index (χ4v) is 2.24. The Hall–Kier alpha value is -1.39. The van der Waals surface area contributed by atoms with Gasteiger partial charge < -0.3 is 9.94 Å². The number of carbonyl (C=O) groups is 1. The van der Waals surface area contributed by atoms with Crippen LogP contribution in [0.2, 0.25) is 0 Å². The molecule has 1 rings (SSSR count). The summed E-state index contributed by atoms with van der Waals surface area (Å²) < 4.78 is 0. The van der Waals surface area contributed by atoms with Crippen LogP contribution in [0.15, 0.2) is 24.3 Å². The summed E-state index contributed by atoms with van der Waals surface area (Å²) in [6.45, 7) is 7.28. The average Bonchev–Trinajstić information content (AvgIpc) is 2.52. The molecule has 1 atom stereocenters. The minimum atomic E-state index is -0.614. The number of hydrogen-bond acceptors (Lipinski definition) is 4. The van der Waals surface area contributed by atoms with Crippen molar-refractivity contribution in [2.45, 2.75) is 52.6 Å². The van der Waals surface area contributed by atoms with Crippen molar-refractivity contribution in [3.05, 3.63) is 35.4 Å². The Balaban J connectivity index is 2.80. The maximum Gasteiger partial charge on any atom is 0.357 e. The summed E-state index contributed by atoms with van der Waals surface area (Å²) in [5.41, 5.74) is 1.11. The number of rotatable bonds is 9. The van der Waals surface area contributed by atoms with Crippen molar-refractivity contribution in [2.75, 3.05) is 13.1 Å². The second-order valence-electron chi connectivity index (χ2n) is 5.09. The molecule has 1 N–H and O–H groups in total. The molecule has 1 aromatic carbocycles. The summed E-state index contributed by atoms with van der Waals surface area (Å²) in [6.07, 6.45) is 3.21. The molecule has 1 unspecified atom stereocenters. The molecule has 0 amide bonds. The molecule has 4 nitrogen and oxygen atoms in total. The Kier molecular flexibility index (Phi) is 8.01. The molecule has 1 aromatic rings. The first-order valence-electron chi connectivity index (χ1n) is 7.88. The van der Waals surface area contributed by atoms with Gasteiger partial charge in [0.15, 0.2) is 0 Å². The van der Waals surface area contributed by atoms with E-state index in [1.54, 1.807) is 23.3 Å². The Bertz CT molecular complexity index is 430. The van der Waals surface area contributed by atoms with Gasteiger partial charge in [-0.3, -0.25) is 0 Å². The van der Waals surface area contributed by atoms with Crippen molar-refractivity contribution in [2.24, 2.45) is 0 Å². The van der Waals surface area contributed by atoms with Crippen molar-refractivity contribution >= 4 is 5.97 Å². The van der Waals surface area contributed by atoms with E-state index in [4.69, 9.17) is 4.84 Å². The van der Waals surface area contributed by atoms with E-state index in [9.17, 15) is 9.90 Å². The van der Waals surface area contributed by atoms with Crippen molar-refractivity contribution < 1.29 is 14.7 Å². The lowest BCUT2D eigenvalue weighted by Crippen LogP contribution is -2.27. The van der Waals surface area contributed by atoms with Crippen LogP contribution < -0.4 is 0 Å². The highest BCUT2D eigenvalue weighted by molar-refractivity contribution is 5.91. The van der Waals surface area contributed by atoms with Crippen LogP contribution in [0.4, 0.5) is 0 Å². The highest BCUT2D eigenvalue weighted by Crippen LogP contribution is 2.24. The van der Waals surface area contributed by atoms with Crippen LogP contribution >= 0.6 is 0 Å². The van der Waals surface area contributed by atoms with E-state index in [0.29, 0.717) is 30.6 Å². The van der Waals surface area contributed by atoms with Gasteiger partial charge in [-0.15, -0.1) is 5.06 Å². The molecule has 0 heterocycles. The topological polar surface area (TPSA) is 49.8 Å². The van der Waals surface area contributed by atoms with E-state index in [1.807, 2.05) is 19.9 Å². The van der Waals surface area contributed by atoms with Gasteiger partial charge in [0, 0.05) is 13.1 Å². The smallest absolute Gasteiger partial charge is 0.357 e. The van der Waals surface area contributed by atoms with Crippen LogP contribution in [0.3, 0.4) is 0 Å². The normalized spacial score (nSPS) is 12.4. The van der Waals surface area contributed by atoms with Gasteiger partial charge in [0.2, 0.25) is 0 Å². The molecule has 21 heavy (non-hydrogen) atoms. The van der Waals surface area contributed by atoms with Crippen molar-refractivity contribution in [3.63, 3.8) is 0 Å². The van der Waals surface area contributed by atoms with Crippen LogP contribution in [-0.2, 0) is 4.84 Å². The molecule has 0 spiro atoms. The molecule has 4 heteroatoms. The number of aliphatic hydroxyl groups excluding tert-OH is 1. The fourth-order valence-electron chi connectivity index (χ4n) is 2.24. The predicted molar refractivity (Wildman–Crippen MR) is 83.9 cm³/mol. The summed E-state index contributed by atoms with van der Waals surface area (Å²) in [4.78, 5) is 17.6. The molecule has 0 saturated carbocycles. The zero-order chi connectivity index (χ0) is 15.7. The van der Waals surface area contributed by atoms with Gasteiger partial charge in [-0.2, -0.15) is 0 Å². The second-order valence-corrected chi connectivity index (χ2v) is 5.09. The third kappa shape index (κ3) is 5.48. The van der Waals surface area contributed by atoms with Gasteiger partial charge in [0.25, 0.3) is 0 Å². The molecule has 0 saturated heterocycles. The molecular formula is C17H27NO3. The predicted octanol–water partition coefficient (Wildman–Crippen LogP) is 3.71. The van der Waals surface area contributed by atoms with Crippen molar-refractivity contribution in [1.82, 2.24) is 5.06 Å². The Morgan fingerprint density at radius 2 is 1.86 bits per heavy atom. The van der Waals surface area contributed by atoms with E-state index in [-0.39, 0.29) is 0 Å². The highest BCUT2D eigenvalue weighted by Gasteiger charge is 2.19. The molecule has 0 aliphatic rings.